The molecule has 0 aliphatic rings. The van der Waals surface area contributed by atoms with Crippen molar-refractivity contribution in [1.82, 2.24) is 9.78 Å². The van der Waals surface area contributed by atoms with E-state index < -0.39 is 9.84 Å². The molecule has 0 bridgehead atoms. The van der Waals surface area contributed by atoms with Crippen molar-refractivity contribution in [2.75, 3.05) is 6.26 Å². The summed E-state index contributed by atoms with van der Waals surface area (Å²) in [4.78, 5) is 0.299. The molecule has 17 heavy (non-hydrogen) atoms. The zero-order valence-corrected chi connectivity index (χ0v) is 10.2. The van der Waals surface area contributed by atoms with Crippen LogP contribution in [0.15, 0.2) is 41.6 Å². The van der Waals surface area contributed by atoms with Crippen molar-refractivity contribution < 1.29 is 8.42 Å². The van der Waals surface area contributed by atoms with Gasteiger partial charge in [0.1, 0.15) is 0 Å². The highest BCUT2D eigenvalue weighted by Crippen LogP contribution is 2.13. The van der Waals surface area contributed by atoms with E-state index in [2.05, 4.69) is 5.10 Å². The molecule has 0 fully saturated rings. The predicted molar refractivity (Wildman–Crippen MR) is 66.1 cm³/mol. The normalized spacial score (nSPS) is 11.6. The lowest BCUT2D eigenvalue weighted by molar-refractivity contribution is 0.602. The summed E-state index contributed by atoms with van der Waals surface area (Å²) in [5, 5.41) is 4.14. The van der Waals surface area contributed by atoms with Gasteiger partial charge in [-0.15, -0.1) is 0 Å². The van der Waals surface area contributed by atoms with Crippen LogP contribution in [0.3, 0.4) is 0 Å². The Kier molecular flexibility index (Phi) is 3.06. The number of sulfone groups is 1. The van der Waals surface area contributed by atoms with E-state index >= 15 is 0 Å². The lowest BCUT2D eigenvalue weighted by Crippen LogP contribution is -1.99. The highest BCUT2D eigenvalue weighted by Gasteiger charge is 2.07. The van der Waals surface area contributed by atoms with Crippen LogP contribution < -0.4 is 0 Å². The van der Waals surface area contributed by atoms with Crippen molar-refractivity contribution in [2.45, 2.75) is 11.2 Å². The van der Waals surface area contributed by atoms with Gasteiger partial charge >= 0.3 is 0 Å². The summed E-state index contributed by atoms with van der Waals surface area (Å²) < 4.78 is 24.2. The fourth-order valence-electron chi connectivity index (χ4n) is 1.45. The number of aromatic nitrogens is 2. The Labute approximate surface area is 102 Å². The van der Waals surface area contributed by atoms with Crippen molar-refractivity contribution >= 4 is 17.7 Å². The number of nitrogens with zero attached hydrogens (tertiary/aromatic N) is 2. The maximum atomic E-state index is 11.3. The van der Waals surface area contributed by atoms with E-state index in [4.69, 9.17) is 7.85 Å². The first kappa shape index (κ1) is 11.9. The van der Waals surface area contributed by atoms with Gasteiger partial charge in [-0.05, 0) is 29.8 Å². The monoisotopic (exact) mass is 246 g/mol. The molecular weight excluding hydrogens is 235 g/mol. The molecule has 1 aromatic heterocycles. The summed E-state index contributed by atoms with van der Waals surface area (Å²) in [5.74, 6) is 0. The molecule has 0 saturated heterocycles. The Bertz CT molecular complexity index is 617. The van der Waals surface area contributed by atoms with Gasteiger partial charge in [0.2, 0.25) is 0 Å². The van der Waals surface area contributed by atoms with Crippen molar-refractivity contribution in [3.05, 3.63) is 42.2 Å². The zero-order valence-electron chi connectivity index (χ0n) is 9.37. The summed E-state index contributed by atoms with van der Waals surface area (Å²) >= 11 is 0. The molecule has 0 aliphatic heterocycles. The molecule has 0 atom stereocenters. The smallest absolute Gasteiger partial charge is 0.175 e. The lowest BCUT2D eigenvalue weighted by Gasteiger charge is -2.02. The Balaban J connectivity index is 2.35. The van der Waals surface area contributed by atoms with E-state index in [0.717, 1.165) is 11.3 Å². The molecule has 0 unspecified atom stereocenters. The fourth-order valence-corrected chi connectivity index (χ4v) is 2.08. The quantitative estimate of drug-likeness (QED) is 0.757. The molecule has 6 heteroatoms. The van der Waals surface area contributed by atoms with Gasteiger partial charge in [-0.3, -0.25) is 0 Å². The Morgan fingerprint density at radius 2 is 1.94 bits per heavy atom. The van der Waals surface area contributed by atoms with Crippen LogP contribution in [0.5, 0.6) is 0 Å². The summed E-state index contributed by atoms with van der Waals surface area (Å²) in [5.41, 5.74) is 1.73. The SMILES string of the molecule is [B]Cc1cnn(-c2ccc(S(C)(=O)=O)cc2)c1. The van der Waals surface area contributed by atoms with Gasteiger partial charge in [0.05, 0.1) is 24.6 Å². The van der Waals surface area contributed by atoms with E-state index in [1.807, 2.05) is 6.20 Å². The lowest BCUT2D eigenvalue weighted by atomic mass is 10.0. The molecule has 4 nitrogen and oxygen atoms in total. The van der Waals surface area contributed by atoms with Crippen LogP contribution >= 0.6 is 0 Å². The van der Waals surface area contributed by atoms with Gasteiger partial charge in [-0.25, -0.2) is 13.1 Å². The zero-order chi connectivity index (χ0) is 12.5. The third kappa shape index (κ3) is 2.58. The number of hydrogen-bond acceptors (Lipinski definition) is 3. The molecule has 0 spiro atoms. The van der Waals surface area contributed by atoms with Gasteiger partial charge in [0.25, 0.3) is 0 Å². The summed E-state index contributed by atoms with van der Waals surface area (Å²) in [7, 11) is 2.34. The number of benzene rings is 1. The van der Waals surface area contributed by atoms with Gasteiger partial charge in [0.15, 0.2) is 9.84 Å². The first-order valence-corrected chi connectivity index (χ1v) is 6.94. The van der Waals surface area contributed by atoms with E-state index in [9.17, 15) is 8.42 Å². The van der Waals surface area contributed by atoms with E-state index in [1.54, 1.807) is 35.1 Å². The summed E-state index contributed by atoms with van der Waals surface area (Å²) in [6.45, 7) is 0. The van der Waals surface area contributed by atoms with E-state index in [-0.39, 0.29) is 0 Å². The Morgan fingerprint density at radius 3 is 2.41 bits per heavy atom. The predicted octanol–water partition coefficient (Wildman–Crippen LogP) is 0.944. The molecule has 0 N–H and O–H groups in total. The maximum Gasteiger partial charge on any atom is 0.175 e. The molecule has 1 aromatic carbocycles. The minimum absolute atomic E-state index is 0.299. The van der Waals surface area contributed by atoms with Crippen LogP contribution in [0.4, 0.5) is 0 Å². The Morgan fingerprint density at radius 1 is 1.29 bits per heavy atom. The van der Waals surface area contributed by atoms with Crippen LogP contribution in [0.25, 0.3) is 5.69 Å². The average Bonchev–Trinajstić information content (AvgIpc) is 2.76. The fraction of sp³-hybridized carbons (Fsp3) is 0.182. The maximum absolute atomic E-state index is 11.3. The largest absolute Gasteiger partial charge is 0.241 e. The van der Waals surface area contributed by atoms with Gasteiger partial charge < -0.3 is 0 Å². The van der Waals surface area contributed by atoms with Crippen molar-refractivity contribution in [3.8, 4) is 5.69 Å². The van der Waals surface area contributed by atoms with E-state index in [0.29, 0.717) is 11.2 Å². The molecular formula is C11H11BN2O2S. The van der Waals surface area contributed by atoms with Crippen LogP contribution in [0.2, 0.25) is 0 Å². The van der Waals surface area contributed by atoms with E-state index in [1.165, 1.54) is 6.26 Å². The third-order valence-electron chi connectivity index (χ3n) is 2.40. The number of rotatable bonds is 3. The molecule has 0 aliphatic carbocycles. The first-order valence-electron chi connectivity index (χ1n) is 5.05. The minimum atomic E-state index is -3.15. The molecule has 2 radical (unpaired) electrons. The molecule has 1 heterocycles. The summed E-state index contributed by atoms with van der Waals surface area (Å²) in [6, 6.07) is 6.55. The molecule has 0 saturated carbocycles. The van der Waals surface area contributed by atoms with Crippen LogP contribution in [-0.2, 0) is 16.2 Å². The first-order chi connectivity index (χ1) is 8.00. The topological polar surface area (TPSA) is 52.0 Å². The van der Waals surface area contributed by atoms with Gasteiger partial charge in [-0.1, -0.05) is 6.32 Å². The second kappa shape index (κ2) is 4.37. The highest BCUT2D eigenvalue weighted by atomic mass is 32.2. The molecule has 0 amide bonds. The molecule has 86 valence electrons. The van der Waals surface area contributed by atoms with Crippen LogP contribution in [0.1, 0.15) is 5.56 Å². The van der Waals surface area contributed by atoms with Crippen LogP contribution in [-0.4, -0.2) is 32.3 Å². The van der Waals surface area contributed by atoms with Crippen molar-refractivity contribution in [3.63, 3.8) is 0 Å². The summed E-state index contributed by atoms with van der Waals surface area (Å²) in [6.07, 6.45) is 5.11. The van der Waals surface area contributed by atoms with Crippen molar-refractivity contribution in [1.29, 1.82) is 0 Å². The van der Waals surface area contributed by atoms with Crippen molar-refractivity contribution in [2.24, 2.45) is 0 Å². The Hall–Kier alpha value is -1.56. The number of hydrogen-bond donors (Lipinski definition) is 0. The van der Waals surface area contributed by atoms with Gasteiger partial charge in [0, 0.05) is 12.5 Å². The standard InChI is InChI=1S/C11H11BN2O2S/c1-17(15,16)11-4-2-10(3-5-11)14-8-9(6-12)7-13-14/h2-5,7-8H,6H2,1H3. The third-order valence-corrected chi connectivity index (χ3v) is 3.53. The highest BCUT2D eigenvalue weighted by molar-refractivity contribution is 7.90. The second-order valence-electron chi connectivity index (χ2n) is 3.76. The van der Waals surface area contributed by atoms with Crippen LogP contribution in [0, 0.1) is 0 Å². The molecule has 2 rings (SSSR count). The average molecular weight is 246 g/mol. The second-order valence-corrected chi connectivity index (χ2v) is 5.78. The molecule has 2 aromatic rings. The minimum Gasteiger partial charge on any atom is -0.241 e. The van der Waals surface area contributed by atoms with Gasteiger partial charge in [-0.2, -0.15) is 5.10 Å².